The molecule has 0 bridgehead atoms. The van der Waals surface area contributed by atoms with Crippen molar-refractivity contribution in [3.8, 4) is 11.3 Å². The lowest BCUT2D eigenvalue weighted by Crippen LogP contribution is -2.41. The van der Waals surface area contributed by atoms with Gasteiger partial charge in [0.2, 0.25) is 0 Å². The van der Waals surface area contributed by atoms with Crippen molar-refractivity contribution in [2.24, 2.45) is 7.05 Å². The highest BCUT2D eigenvalue weighted by Gasteiger charge is 2.52. The Balaban J connectivity index is 1.62. The quantitative estimate of drug-likeness (QED) is 0.803. The lowest BCUT2D eigenvalue weighted by atomic mass is 9.75. The predicted octanol–water partition coefficient (Wildman–Crippen LogP) is 3.57. The van der Waals surface area contributed by atoms with E-state index in [1.54, 1.807) is 0 Å². The van der Waals surface area contributed by atoms with Gasteiger partial charge in [0, 0.05) is 24.7 Å². The third kappa shape index (κ3) is 2.83. The van der Waals surface area contributed by atoms with Gasteiger partial charge in [-0.2, -0.15) is 0 Å². The number of rotatable bonds is 3. The summed E-state index contributed by atoms with van der Waals surface area (Å²) >= 11 is 0. The van der Waals surface area contributed by atoms with Crippen LogP contribution in [0.3, 0.4) is 0 Å². The molecule has 2 aromatic rings. The van der Waals surface area contributed by atoms with Crippen LogP contribution >= 0.6 is 0 Å². The standard InChI is InChI=1S/C20H27BN2O2/c1-13-11-15(17-12-23(6)18(22-17)14-7-8-14)9-10-16(13)21-24-19(2,3)20(4,5)25-21/h9-12,14H,7-8H2,1-6H3. The molecule has 2 fully saturated rings. The second kappa shape index (κ2) is 5.45. The molecule has 25 heavy (non-hydrogen) atoms. The summed E-state index contributed by atoms with van der Waals surface area (Å²) in [7, 11) is 1.78. The number of hydrogen-bond acceptors (Lipinski definition) is 3. The Morgan fingerprint density at radius 1 is 1.12 bits per heavy atom. The first kappa shape index (κ1) is 16.9. The third-order valence-corrected chi connectivity index (χ3v) is 5.93. The molecule has 1 saturated carbocycles. The zero-order valence-corrected chi connectivity index (χ0v) is 16.1. The molecule has 0 unspecified atom stereocenters. The minimum atomic E-state index is -0.317. The summed E-state index contributed by atoms with van der Waals surface area (Å²) in [5.41, 5.74) is 3.84. The van der Waals surface area contributed by atoms with Crippen LogP contribution < -0.4 is 5.46 Å². The number of aryl methyl sites for hydroxylation is 2. The molecule has 0 amide bonds. The van der Waals surface area contributed by atoms with E-state index < -0.39 is 0 Å². The maximum absolute atomic E-state index is 6.20. The van der Waals surface area contributed by atoms with Crippen molar-refractivity contribution in [2.45, 2.75) is 64.6 Å². The molecule has 4 nitrogen and oxygen atoms in total. The van der Waals surface area contributed by atoms with Crippen LogP contribution in [-0.2, 0) is 16.4 Å². The van der Waals surface area contributed by atoms with Crippen molar-refractivity contribution >= 4 is 12.6 Å². The van der Waals surface area contributed by atoms with E-state index in [4.69, 9.17) is 14.3 Å². The minimum Gasteiger partial charge on any atom is -0.399 e. The first-order chi connectivity index (χ1) is 11.7. The Kier molecular flexibility index (Phi) is 3.68. The van der Waals surface area contributed by atoms with Crippen LogP contribution in [0, 0.1) is 6.92 Å². The molecule has 0 atom stereocenters. The number of nitrogens with zero attached hydrogens (tertiary/aromatic N) is 2. The Bertz CT molecular complexity index is 805. The normalized spacial score (nSPS) is 21.8. The van der Waals surface area contributed by atoms with E-state index >= 15 is 0 Å². The average molecular weight is 338 g/mol. The van der Waals surface area contributed by atoms with Gasteiger partial charge in [0.05, 0.1) is 16.9 Å². The van der Waals surface area contributed by atoms with Gasteiger partial charge in [0.25, 0.3) is 0 Å². The van der Waals surface area contributed by atoms with Crippen molar-refractivity contribution < 1.29 is 9.31 Å². The van der Waals surface area contributed by atoms with Crippen molar-refractivity contribution in [1.29, 1.82) is 0 Å². The van der Waals surface area contributed by atoms with Gasteiger partial charge in [0.1, 0.15) is 5.82 Å². The predicted molar refractivity (Wildman–Crippen MR) is 101 cm³/mol. The molecule has 132 valence electrons. The molecule has 1 aromatic heterocycles. The fourth-order valence-electron chi connectivity index (χ4n) is 3.41. The van der Waals surface area contributed by atoms with Gasteiger partial charge in [-0.1, -0.05) is 23.8 Å². The summed E-state index contributed by atoms with van der Waals surface area (Å²) in [5.74, 6) is 1.87. The van der Waals surface area contributed by atoms with E-state index in [2.05, 4.69) is 70.6 Å². The average Bonchev–Trinajstić information content (AvgIpc) is 3.23. The molecule has 5 heteroatoms. The Morgan fingerprint density at radius 2 is 1.76 bits per heavy atom. The minimum absolute atomic E-state index is 0.315. The van der Waals surface area contributed by atoms with E-state index in [0.29, 0.717) is 5.92 Å². The van der Waals surface area contributed by atoms with Gasteiger partial charge in [-0.15, -0.1) is 0 Å². The van der Waals surface area contributed by atoms with E-state index in [1.165, 1.54) is 24.2 Å². The van der Waals surface area contributed by atoms with Crippen molar-refractivity contribution in [3.63, 3.8) is 0 Å². The SMILES string of the molecule is Cc1cc(-c2cn(C)c(C3CC3)n2)ccc1B1OC(C)(C)C(C)(C)O1. The molecule has 0 radical (unpaired) electrons. The lowest BCUT2D eigenvalue weighted by molar-refractivity contribution is 0.00578. The topological polar surface area (TPSA) is 36.3 Å². The number of hydrogen-bond donors (Lipinski definition) is 0. The van der Waals surface area contributed by atoms with Crippen LogP contribution in [-0.4, -0.2) is 27.9 Å². The van der Waals surface area contributed by atoms with Crippen molar-refractivity contribution in [1.82, 2.24) is 9.55 Å². The molecule has 1 aromatic carbocycles. The Morgan fingerprint density at radius 3 is 2.32 bits per heavy atom. The highest BCUT2D eigenvalue weighted by atomic mass is 16.7. The van der Waals surface area contributed by atoms with E-state index in [-0.39, 0.29) is 18.3 Å². The number of benzene rings is 1. The van der Waals surface area contributed by atoms with Gasteiger partial charge in [-0.25, -0.2) is 4.98 Å². The molecular weight excluding hydrogens is 311 g/mol. The highest BCUT2D eigenvalue weighted by Crippen LogP contribution is 2.40. The zero-order valence-electron chi connectivity index (χ0n) is 16.1. The van der Waals surface area contributed by atoms with Gasteiger partial charge < -0.3 is 13.9 Å². The van der Waals surface area contributed by atoms with E-state index in [1.807, 2.05) is 0 Å². The molecule has 1 aliphatic carbocycles. The smallest absolute Gasteiger partial charge is 0.399 e. The Labute approximate surface area is 150 Å². The molecule has 2 heterocycles. The number of imidazole rings is 1. The summed E-state index contributed by atoms with van der Waals surface area (Å²) in [6, 6.07) is 6.45. The molecule has 0 spiro atoms. The fraction of sp³-hybridized carbons (Fsp3) is 0.550. The second-order valence-corrected chi connectivity index (χ2v) is 8.53. The molecular formula is C20H27BN2O2. The Hall–Kier alpha value is -1.59. The van der Waals surface area contributed by atoms with Crippen molar-refractivity contribution in [2.75, 3.05) is 0 Å². The van der Waals surface area contributed by atoms with Crippen LogP contribution in [0.25, 0.3) is 11.3 Å². The van der Waals surface area contributed by atoms with E-state index in [0.717, 1.165) is 16.7 Å². The lowest BCUT2D eigenvalue weighted by Gasteiger charge is -2.32. The second-order valence-electron chi connectivity index (χ2n) is 8.53. The van der Waals surface area contributed by atoms with Crippen LogP contribution in [0.15, 0.2) is 24.4 Å². The molecule has 4 rings (SSSR count). The van der Waals surface area contributed by atoms with E-state index in [9.17, 15) is 0 Å². The fourth-order valence-corrected chi connectivity index (χ4v) is 3.41. The van der Waals surface area contributed by atoms with Crippen LogP contribution in [0.5, 0.6) is 0 Å². The summed E-state index contributed by atoms with van der Waals surface area (Å²) in [4.78, 5) is 4.86. The van der Waals surface area contributed by atoms with Gasteiger partial charge in [0.15, 0.2) is 0 Å². The maximum atomic E-state index is 6.20. The summed E-state index contributed by atoms with van der Waals surface area (Å²) in [5, 5.41) is 0. The summed E-state index contributed by atoms with van der Waals surface area (Å²) in [6.07, 6.45) is 4.67. The maximum Gasteiger partial charge on any atom is 0.495 e. The largest absolute Gasteiger partial charge is 0.495 e. The molecule has 1 aliphatic heterocycles. The van der Waals surface area contributed by atoms with Gasteiger partial charge in [-0.3, -0.25) is 0 Å². The van der Waals surface area contributed by atoms with Gasteiger partial charge in [-0.05, 0) is 52.9 Å². The summed E-state index contributed by atoms with van der Waals surface area (Å²) < 4.78 is 14.6. The molecule has 2 aliphatic rings. The van der Waals surface area contributed by atoms with Gasteiger partial charge >= 0.3 is 7.12 Å². The van der Waals surface area contributed by atoms with Crippen molar-refractivity contribution in [3.05, 3.63) is 35.8 Å². The molecule has 0 N–H and O–H groups in total. The van der Waals surface area contributed by atoms with Crippen LogP contribution in [0.2, 0.25) is 0 Å². The zero-order chi connectivity index (χ0) is 18.0. The monoisotopic (exact) mass is 338 g/mol. The molecule has 1 saturated heterocycles. The number of aromatic nitrogens is 2. The first-order valence-electron chi connectivity index (χ1n) is 9.18. The summed E-state index contributed by atoms with van der Waals surface area (Å²) in [6.45, 7) is 10.5. The van der Waals surface area contributed by atoms with Crippen LogP contribution in [0.4, 0.5) is 0 Å². The third-order valence-electron chi connectivity index (χ3n) is 5.93. The first-order valence-corrected chi connectivity index (χ1v) is 9.18. The van der Waals surface area contributed by atoms with Crippen LogP contribution in [0.1, 0.15) is 57.8 Å². The highest BCUT2D eigenvalue weighted by molar-refractivity contribution is 6.62.